The maximum absolute atomic E-state index is 13.1. The van der Waals surface area contributed by atoms with Crippen molar-refractivity contribution in [2.24, 2.45) is 0 Å². The molecule has 0 aromatic heterocycles. The van der Waals surface area contributed by atoms with Crippen LogP contribution in [0.5, 0.6) is 0 Å². The Morgan fingerprint density at radius 2 is 1.81 bits per heavy atom. The highest BCUT2D eigenvalue weighted by Crippen LogP contribution is 2.22. The van der Waals surface area contributed by atoms with Gasteiger partial charge in [-0.25, -0.2) is 17.2 Å². The van der Waals surface area contributed by atoms with Crippen LogP contribution in [-0.2, 0) is 16.3 Å². The SMILES string of the molecule is CS(=O)(=O)c1cccc(C(O)Cc2ccc(F)c(F)c2)c1. The predicted molar refractivity (Wildman–Crippen MR) is 74.6 cm³/mol. The summed E-state index contributed by atoms with van der Waals surface area (Å²) in [5.74, 6) is -1.93. The van der Waals surface area contributed by atoms with E-state index in [9.17, 15) is 22.3 Å². The number of aliphatic hydroxyl groups excluding tert-OH is 1. The van der Waals surface area contributed by atoms with Crippen LogP contribution in [0.15, 0.2) is 47.4 Å². The van der Waals surface area contributed by atoms with Crippen LogP contribution in [0.1, 0.15) is 17.2 Å². The maximum atomic E-state index is 13.1. The van der Waals surface area contributed by atoms with Gasteiger partial charge in [0.2, 0.25) is 0 Å². The third-order valence-corrected chi connectivity index (χ3v) is 4.19. The van der Waals surface area contributed by atoms with Crippen LogP contribution >= 0.6 is 0 Å². The van der Waals surface area contributed by atoms with Crippen molar-refractivity contribution in [3.8, 4) is 0 Å². The summed E-state index contributed by atoms with van der Waals surface area (Å²) < 4.78 is 48.9. The molecule has 0 amide bonds. The smallest absolute Gasteiger partial charge is 0.175 e. The minimum absolute atomic E-state index is 0.0599. The normalized spacial score (nSPS) is 13.1. The summed E-state index contributed by atoms with van der Waals surface area (Å²) >= 11 is 0. The first-order chi connectivity index (χ1) is 9.77. The Balaban J connectivity index is 2.24. The van der Waals surface area contributed by atoms with Gasteiger partial charge < -0.3 is 5.11 Å². The molecule has 112 valence electrons. The van der Waals surface area contributed by atoms with Gasteiger partial charge in [-0.1, -0.05) is 18.2 Å². The van der Waals surface area contributed by atoms with Crippen molar-refractivity contribution in [3.05, 3.63) is 65.2 Å². The molecule has 0 saturated carbocycles. The average Bonchev–Trinajstić information content (AvgIpc) is 2.42. The van der Waals surface area contributed by atoms with Gasteiger partial charge in [0.15, 0.2) is 21.5 Å². The van der Waals surface area contributed by atoms with Crippen LogP contribution in [0.3, 0.4) is 0 Å². The molecule has 1 atom stereocenters. The molecular weight excluding hydrogens is 298 g/mol. The van der Waals surface area contributed by atoms with Crippen molar-refractivity contribution < 1.29 is 22.3 Å². The molecule has 3 nitrogen and oxygen atoms in total. The number of aliphatic hydroxyl groups is 1. The molecule has 2 aromatic rings. The molecule has 0 aliphatic rings. The van der Waals surface area contributed by atoms with Crippen molar-refractivity contribution in [2.45, 2.75) is 17.4 Å². The van der Waals surface area contributed by atoms with Crippen molar-refractivity contribution >= 4 is 9.84 Å². The zero-order valence-corrected chi connectivity index (χ0v) is 12.1. The fourth-order valence-electron chi connectivity index (χ4n) is 1.96. The molecule has 1 N–H and O–H groups in total. The van der Waals surface area contributed by atoms with E-state index in [2.05, 4.69) is 0 Å². The van der Waals surface area contributed by atoms with Gasteiger partial charge in [-0.15, -0.1) is 0 Å². The lowest BCUT2D eigenvalue weighted by Crippen LogP contribution is -2.05. The van der Waals surface area contributed by atoms with Crippen LogP contribution in [0.2, 0.25) is 0 Å². The lowest BCUT2D eigenvalue weighted by molar-refractivity contribution is 0.178. The van der Waals surface area contributed by atoms with Gasteiger partial charge in [-0.05, 0) is 35.4 Å². The van der Waals surface area contributed by atoms with Crippen LogP contribution in [0.25, 0.3) is 0 Å². The minimum Gasteiger partial charge on any atom is -0.388 e. The van der Waals surface area contributed by atoms with E-state index in [1.54, 1.807) is 6.07 Å². The summed E-state index contributed by atoms with van der Waals surface area (Å²) in [7, 11) is -3.36. The first-order valence-electron chi connectivity index (χ1n) is 6.19. The van der Waals surface area contributed by atoms with Crippen LogP contribution < -0.4 is 0 Å². The van der Waals surface area contributed by atoms with E-state index in [4.69, 9.17) is 0 Å². The highest BCUT2D eigenvalue weighted by Gasteiger charge is 2.14. The van der Waals surface area contributed by atoms with Crippen molar-refractivity contribution in [1.82, 2.24) is 0 Å². The van der Waals surface area contributed by atoms with E-state index in [1.807, 2.05) is 0 Å². The molecule has 1 unspecified atom stereocenters. The average molecular weight is 312 g/mol. The first kappa shape index (κ1) is 15.6. The number of hydrogen-bond donors (Lipinski definition) is 1. The second-order valence-corrected chi connectivity index (χ2v) is 6.83. The molecular formula is C15H14F2O3S. The van der Waals surface area contributed by atoms with E-state index in [0.29, 0.717) is 11.1 Å². The van der Waals surface area contributed by atoms with Gasteiger partial charge >= 0.3 is 0 Å². The Morgan fingerprint density at radius 3 is 2.43 bits per heavy atom. The van der Waals surface area contributed by atoms with E-state index in [0.717, 1.165) is 18.4 Å². The summed E-state index contributed by atoms with van der Waals surface area (Å²) in [5, 5.41) is 10.1. The van der Waals surface area contributed by atoms with Gasteiger partial charge in [0, 0.05) is 12.7 Å². The minimum atomic E-state index is -3.36. The molecule has 0 aliphatic carbocycles. The molecule has 0 saturated heterocycles. The van der Waals surface area contributed by atoms with Crippen molar-refractivity contribution in [1.29, 1.82) is 0 Å². The number of rotatable bonds is 4. The van der Waals surface area contributed by atoms with E-state index < -0.39 is 27.6 Å². The summed E-state index contributed by atoms with van der Waals surface area (Å²) in [6.07, 6.45) is 0.134. The van der Waals surface area contributed by atoms with E-state index in [1.165, 1.54) is 24.3 Å². The lowest BCUT2D eigenvalue weighted by atomic mass is 10.0. The summed E-state index contributed by atoms with van der Waals surface area (Å²) in [6, 6.07) is 9.30. The van der Waals surface area contributed by atoms with Crippen molar-refractivity contribution in [3.63, 3.8) is 0 Å². The second-order valence-electron chi connectivity index (χ2n) is 4.81. The third kappa shape index (κ3) is 3.86. The molecule has 21 heavy (non-hydrogen) atoms. The molecule has 0 radical (unpaired) electrons. The van der Waals surface area contributed by atoms with Crippen LogP contribution in [-0.4, -0.2) is 19.8 Å². The molecule has 2 aromatic carbocycles. The van der Waals surface area contributed by atoms with Gasteiger partial charge in [0.05, 0.1) is 11.0 Å². The molecule has 0 heterocycles. The third-order valence-electron chi connectivity index (χ3n) is 3.08. The first-order valence-corrected chi connectivity index (χ1v) is 8.08. The van der Waals surface area contributed by atoms with Gasteiger partial charge in [-0.3, -0.25) is 0 Å². The Hall–Kier alpha value is -1.79. The topological polar surface area (TPSA) is 54.4 Å². The second kappa shape index (κ2) is 5.91. The number of sulfone groups is 1. The molecule has 0 spiro atoms. The maximum Gasteiger partial charge on any atom is 0.175 e. The summed E-state index contributed by atoms with van der Waals surface area (Å²) in [6.45, 7) is 0. The van der Waals surface area contributed by atoms with E-state index in [-0.39, 0.29) is 11.3 Å². The van der Waals surface area contributed by atoms with Gasteiger partial charge in [-0.2, -0.15) is 0 Å². The number of hydrogen-bond acceptors (Lipinski definition) is 3. The van der Waals surface area contributed by atoms with Crippen molar-refractivity contribution in [2.75, 3.05) is 6.26 Å². The number of benzene rings is 2. The Morgan fingerprint density at radius 1 is 1.10 bits per heavy atom. The monoisotopic (exact) mass is 312 g/mol. The Labute approximate surface area is 121 Å². The highest BCUT2D eigenvalue weighted by molar-refractivity contribution is 7.90. The zero-order chi connectivity index (χ0) is 15.6. The van der Waals surface area contributed by atoms with Gasteiger partial charge in [0.1, 0.15) is 0 Å². The predicted octanol–water partition coefficient (Wildman–Crippen LogP) is 2.64. The van der Waals surface area contributed by atoms with Gasteiger partial charge in [0.25, 0.3) is 0 Å². The van der Waals surface area contributed by atoms with E-state index >= 15 is 0 Å². The molecule has 0 aliphatic heterocycles. The molecule has 0 fully saturated rings. The molecule has 6 heteroatoms. The highest BCUT2D eigenvalue weighted by atomic mass is 32.2. The largest absolute Gasteiger partial charge is 0.388 e. The Bertz CT molecular complexity index is 757. The lowest BCUT2D eigenvalue weighted by Gasteiger charge is -2.12. The fraction of sp³-hybridized carbons (Fsp3) is 0.200. The summed E-state index contributed by atoms with van der Waals surface area (Å²) in [5.41, 5.74) is 0.828. The fourth-order valence-corrected chi connectivity index (χ4v) is 2.64. The summed E-state index contributed by atoms with van der Waals surface area (Å²) in [4.78, 5) is 0.101. The zero-order valence-electron chi connectivity index (χ0n) is 11.3. The van der Waals surface area contributed by atoms with Crippen LogP contribution in [0.4, 0.5) is 8.78 Å². The molecule has 0 bridgehead atoms. The standard InChI is InChI=1S/C15H14F2O3S/c1-21(19,20)12-4-2-3-11(9-12)15(18)8-10-5-6-13(16)14(17)7-10/h2-7,9,15,18H,8H2,1H3. The quantitative estimate of drug-likeness (QED) is 0.944. The Kier molecular flexibility index (Phi) is 4.39. The molecule has 2 rings (SSSR count). The van der Waals surface area contributed by atoms with Crippen LogP contribution in [0, 0.1) is 11.6 Å². The number of halogens is 2.